The fourth-order valence-electron chi connectivity index (χ4n) is 3.76. The van der Waals surface area contributed by atoms with Crippen molar-refractivity contribution in [1.82, 2.24) is 14.9 Å². The fourth-order valence-corrected chi connectivity index (χ4v) is 3.76. The molecule has 130 valence electrons. The number of hydrogen-bond acceptors (Lipinski definition) is 6. The number of carbonyl (C=O) groups is 1. The van der Waals surface area contributed by atoms with Gasteiger partial charge in [-0.1, -0.05) is 0 Å². The van der Waals surface area contributed by atoms with E-state index < -0.39 is 0 Å². The zero-order chi connectivity index (χ0) is 16.6. The molecule has 3 aliphatic rings. The Labute approximate surface area is 141 Å². The summed E-state index contributed by atoms with van der Waals surface area (Å²) in [5, 5.41) is 0. The molecule has 4 rings (SSSR count). The molecule has 0 N–H and O–H groups in total. The summed E-state index contributed by atoms with van der Waals surface area (Å²) in [5.74, 6) is 0.794. The highest BCUT2D eigenvalue weighted by Gasteiger charge is 2.51. The zero-order valence-electron chi connectivity index (χ0n) is 13.9. The highest BCUT2D eigenvalue weighted by molar-refractivity contribution is 5.80. The molecule has 0 radical (unpaired) electrons. The lowest BCUT2D eigenvalue weighted by atomic mass is 9.84. The van der Waals surface area contributed by atoms with Gasteiger partial charge in [-0.2, -0.15) is 0 Å². The molecule has 3 fully saturated rings. The van der Waals surface area contributed by atoms with Crippen LogP contribution in [-0.4, -0.2) is 65.4 Å². The van der Waals surface area contributed by atoms with Crippen LogP contribution in [0.5, 0.6) is 5.88 Å². The summed E-state index contributed by atoms with van der Waals surface area (Å²) in [6.45, 7) is 5.11. The molecule has 24 heavy (non-hydrogen) atoms. The van der Waals surface area contributed by atoms with Crippen LogP contribution in [0.25, 0.3) is 0 Å². The van der Waals surface area contributed by atoms with Crippen LogP contribution >= 0.6 is 0 Å². The first kappa shape index (κ1) is 15.8. The van der Waals surface area contributed by atoms with E-state index >= 15 is 0 Å². The molecule has 0 aromatic carbocycles. The third-order valence-electron chi connectivity index (χ3n) is 5.02. The van der Waals surface area contributed by atoms with Crippen molar-refractivity contribution in [3.05, 3.63) is 18.1 Å². The first-order valence-corrected chi connectivity index (χ1v) is 8.59. The van der Waals surface area contributed by atoms with Crippen LogP contribution in [0.1, 0.15) is 25.0 Å². The minimum atomic E-state index is -0.255. The molecule has 4 heterocycles. The van der Waals surface area contributed by atoms with E-state index in [1.165, 1.54) is 0 Å². The van der Waals surface area contributed by atoms with E-state index in [-0.39, 0.29) is 23.5 Å². The van der Waals surface area contributed by atoms with Crippen LogP contribution < -0.4 is 4.74 Å². The summed E-state index contributed by atoms with van der Waals surface area (Å²) < 4.78 is 17.3. The lowest BCUT2D eigenvalue weighted by Gasteiger charge is -2.53. The molecule has 2 atom stereocenters. The number of likely N-dealkylation sites (tertiary alicyclic amines) is 1. The van der Waals surface area contributed by atoms with Crippen LogP contribution in [-0.2, 0) is 14.3 Å². The number of carbonyl (C=O) groups excluding carboxylic acids is 1. The third-order valence-corrected chi connectivity index (χ3v) is 5.02. The average Bonchev–Trinajstić information content (AvgIpc) is 3.06. The molecule has 7 heteroatoms. The quantitative estimate of drug-likeness (QED) is 0.820. The van der Waals surface area contributed by atoms with Gasteiger partial charge in [-0.05, 0) is 13.3 Å². The van der Waals surface area contributed by atoms with Crippen molar-refractivity contribution in [2.45, 2.75) is 37.9 Å². The Morgan fingerprint density at radius 2 is 2.21 bits per heavy atom. The standard InChI is InChI=1S/C17H23N3O4/c1-12-7-18-8-15(19-12)24-14-3-5-23-17(6-14)10-20(11-17)16(21)13-2-4-22-9-13/h7-8,13-14H,2-6,9-11H2,1H3. The molecule has 0 bridgehead atoms. The van der Waals surface area contributed by atoms with Crippen molar-refractivity contribution in [3.63, 3.8) is 0 Å². The van der Waals surface area contributed by atoms with Gasteiger partial charge in [-0.3, -0.25) is 9.78 Å². The molecule has 1 aromatic heterocycles. The van der Waals surface area contributed by atoms with Crippen molar-refractivity contribution in [2.24, 2.45) is 5.92 Å². The second kappa shape index (κ2) is 6.29. The van der Waals surface area contributed by atoms with Gasteiger partial charge in [0.15, 0.2) is 0 Å². The molecule has 1 amide bonds. The van der Waals surface area contributed by atoms with E-state index in [1.54, 1.807) is 12.4 Å². The van der Waals surface area contributed by atoms with Crippen molar-refractivity contribution < 1.29 is 19.0 Å². The minimum absolute atomic E-state index is 0.0283. The summed E-state index contributed by atoms with van der Waals surface area (Å²) in [7, 11) is 0. The fraction of sp³-hybridized carbons (Fsp3) is 0.706. The van der Waals surface area contributed by atoms with E-state index in [4.69, 9.17) is 14.2 Å². The molecule has 2 unspecified atom stereocenters. The summed E-state index contributed by atoms with van der Waals surface area (Å²) in [6, 6.07) is 0. The van der Waals surface area contributed by atoms with Crippen LogP contribution in [0.4, 0.5) is 0 Å². The largest absolute Gasteiger partial charge is 0.473 e. The van der Waals surface area contributed by atoms with Crippen LogP contribution in [0.15, 0.2) is 12.4 Å². The lowest BCUT2D eigenvalue weighted by molar-refractivity contribution is -0.195. The number of nitrogens with zero attached hydrogens (tertiary/aromatic N) is 3. The predicted octanol–water partition coefficient (Wildman–Crippen LogP) is 0.960. The highest BCUT2D eigenvalue weighted by atomic mass is 16.5. The Kier molecular flexibility index (Phi) is 4.14. The normalized spacial score (nSPS) is 28.6. The van der Waals surface area contributed by atoms with Crippen molar-refractivity contribution >= 4 is 5.91 Å². The first-order valence-electron chi connectivity index (χ1n) is 8.59. The second-order valence-electron chi connectivity index (χ2n) is 7.02. The zero-order valence-corrected chi connectivity index (χ0v) is 13.9. The number of aromatic nitrogens is 2. The van der Waals surface area contributed by atoms with E-state index in [2.05, 4.69) is 9.97 Å². The maximum Gasteiger partial charge on any atom is 0.232 e. The number of aryl methyl sites for hydroxylation is 1. The van der Waals surface area contributed by atoms with Gasteiger partial charge in [-0.15, -0.1) is 0 Å². The molecule has 1 spiro atoms. The Bertz CT molecular complexity index is 612. The Balaban J connectivity index is 1.33. The van der Waals surface area contributed by atoms with Crippen molar-refractivity contribution in [3.8, 4) is 5.88 Å². The van der Waals surface area contributed by atoms with Gasteiger partial charge >= 0.3 is 0 Å². The van der Waals surface area contributed by atoms with Gasteiger partial charge < -0.3 is 19.1 Å². The molecular formula is C17H23N3O4. The van der Waals surface area contributed by atoms with E-state index in [1.807, 2.05) is 11.8 Å². The molecular weight excluding hydrogens is 310 g/mol. The summed E-state index contributed by atoms with van der Waals surface area (Å²) in [4.78, 5) is 22.8. The van der Waals surface area contributed by atoms with Gasteiger partial charge in [-0.25, -0.2) is 4.98 Å². The monoisotopic (exact) mass is 333 g/mol. The molecule has 7 nitrogen and oxygen atoms in total. The van der Waals surface area contributed by atoms with E-state index in [0.717, 1.165) is 25.0 Å². The van der Waals surface area contributed by atoms with Gasteiger partial charge in [0.25, 0.3) is 0 Å². The van der Waals surface area contributed by atoms with E-state index in [0.29, 0.717) is 38.8 Å². The van der Waals surface area contributed by atoms with Crippen LogP contribution in [0, 0.1) is 12.8 Å². The maximum atomic E-state index is 12.4. The predicted molar refractivity (Wildman–Crippen MR) is 84.6 cm³/mol. The van der Waals surface area contributed by atoms with Crippen molar-refractivity contribution in [2.75, 3.05) is 32.9 Å². The van der Waals surface area contributed by atoms with Gasteiger partial charge in [0.1, 0.15) is 11.7 Å². The molecule has 3 saturated heterocycles. The number of rotatable bonds is 3. The lowest BCUT2D eigenvalue weighted by Crippen LogP contribution is -2.68. The van der Waals surface area contributed by atoms with Crippen LogP contribution in [0.2, 0.25) is 0 Å². The molecule has 3 aliphatic heterocycles. The SMILES string of the molecule is Cc1cncc(OC2CCOC3(C2)CN(C(=O)C2CCOC2)C3)n1. The third kappa shape index (κ3) is 3.10. The Hall–Kier alpha value is -1.73. The molecule has 0 aliphatic carbocycles. The van der Waals surface area contributed by atoms with Crippen molar-refractivity contribution in [1.29, 1.82) is 0 Å². The van der Waals surface area contributed by atoms with E-state index in [9.17, 15) is 4.79 Å². The maximum absolute atomic E-state index is 12.4. The molecule has 0 saturated carbocycles. The number of hydrogen-bond donors (Lipinski definition) is 0. The first-order chi connectivity index (χ1) is 11.6. The number of ether oxygens (including phenoxy) is 3. The number of amides is 1. The highest BCUT2D eigenvalue weighted by Crippen LogP contribution is 2.36. The van der Waals surface area contributed by atoms with Gasteiger partial charge in [0, 0.05) is 25.6 Å². The topological polar surface area (TPSA) is 73.8 Å². The Morgan fingerprint density at radius 3 is 2.96 bits per heavy atom. The summed E-state index contributed by atoms with van der Waals surface area (Å²) in [5.41, 5.74) is 0.587. The Morgan fingerprint density at radius 1 is 1.33 bits per heavy atom. The second-order valence-corrected chi connectivity index (χ2v) is 7.02. The van der Waals surface area contributed by atoms with Gasteiger partial charge in [0.05, 0.1) is 44.1 Å². The van der Waals surface area contributed by atoms with Crippen LogP contribution in [0.3, 0.4) is 0 Å². The smallest absolute Gasteiger partial charge is 0.232 e. The molecule has 1 aromatic rings. The van der Waals surface area contributed by atoms with Gasteiger partial charge in [0.2, 0.25) is 11.8 Å². The minimum Gasteiger partial charge on any atom is -0.473 e. The summed E-state index contributed by atoms with van der Waals surface area (Å²) in [6.07, 6.45) is 5.87. The summed E-state index contributed by atoms with van der Waals surface area (Å²) >= 11 is 0. The average molecular weight is 333 g/mol.